The molecule has 0 unspecified atom stereocenters. The highest BCUT2D eigenvalue weighted by molar-refractivity contribution is 7.26. The van der Waals surface area contributed by atoms with Gasteiger partial charge in [-0.1, -0.05) is 176 Å². The van der Waals surface area contributed by atoms with Crippen LogP contribution in [0.3, 0.4) is 0 Å². The molecule has 0 bridgehead atoms. The van der Waals surface area contributed by atoms with Crippen molar-refractivity contribution in [1.82, 2.24) is 4.40 Å². The second kappa shape index (κ2) is 17.4. The second-order valence-corrected chi connectivity index (χ2v) is 23.0. The van der Waals surface area contributed by atoms with Gasteiger partial charge < -0.3 is 14.2 Å². The van der Waals surface area contributed by atoms with Gasteiger partial charge in [-0.05, 0) is 141 Å². The Bertz CT molecular complexity index is 5250. The number of thiophene rings is 2. The molecule has 0 aliphatic carbocycles. The maximum absolute atomic E-state index is 2.57. The normalized spacial score (nSPS) is 12.1. The molecule has 79 heavy (non-hydrogen) atoms. The standard InChI is InChI=1S/C74H45N3S2/c1-3-13-46(14-4-1)48-23-29-53(30-24-48)75(56-34-36-61-59-19-9-11-21-68(59)78-70(61)44-56)55-33-27-51-42-64-63-38-40-66(73-72-58-18-8-7-17-50(58)28-39-65(72)77(74(63)73)67(64)43-52(51)41-55)76(54-31-25-49(26-32-54)47-15-5-2-6-16-47)57-35-37-62-60-20-10-12-22-69(60)79-71(62)45-57/h1-45H. The van der Waals surface area contributed by atoms with Crippen molar-refractivity contribution in [3.8, 4) is 22.3 Å². The first-order chi connectivity index (χ1) is 39.1. The lowest BCUT2D eigenvalue weighted by Gasteiger charge is -2.27. The Hall–Kier alpha value is -9.78. The van der Waals surface area contributed by atoms with Gasteiger partial charge in [0.1, 0.15) is 0 Å². The number of hydrogen-bond donors (Lipinski definition) is 0. The minimum atomic E-state index is 1.11. The molecule has 0 radical (unpaired) electrons. The Labute approximate surface area is 463 Å². The van der Waals surface area contributed by atoms with Gasteiger partial charge in [-0.15, -0.1) is 22.7 Å². The van der Waals surface area contributed by atoms with Crippen LogP contribution in [-0.2, 0) is 0 Å². The lowest BCUT2D eigenvalue weighted by Crippen LogP contribution is -2.10. The summed E-state index contributed by atoms with van der Waals surface area (Å²) in [4.78, 5) is 4.94. The second-order valence-electron chi connectivity index (χ2n) is 20.8. The molecule has 0 spiro atoms. The average Bonchev–Trinajstić information content (AvgIpc) is 3.21. The van der Waals surface area contributed by atoms with Gasteiger partial charge in [-0.2, -0.15) is 0 Å². The molecule has 17 rings (SSSR count). The summed E-state index contributed by atoms with van der Waals surface area (Å²) in [6, 6.07) is 101. The van der Waals surface area contributed by atoms with E-state index in [9.17, 15) is 0 Å². The van der Waals surface area contributed by atoms with E-state index in [4.69, 9.17) is 0 Å². The maximum Gasteiger partial charge on any atom is 0.0641 e. The van der Waals surface area contributed by atoms with Crippen molar-refractivity contribution < 1.29 is 0 Å². The third-order valence-corrected chi connectivity index (χ3v) is 18.7. The summed E-state index contributed by atoms with van der Waals surface area (Å²) in [5.41, 5.74) is 15.2. The monoisotopic (exact) mass is 1040 g/mol. The van der Waals surface area contributed by atoms with Crippen LogP contribution in [0.2, 0.25) is 0 Å². The van der Waals surface area contributed by atoms with Crippen LogP contribution in [0, 0.1) is 0 Å². The van der Waals surface area contributed by atoms with Gasteiger partial charge in [0.05, 0.1) is 22.2 Å². The van der Waals surface area contributed by atoms with Gasteiger partial charge in [0.25, 0.3) is 0 Å². The summed E-state index contributed by atoms with van der Waals surface area (Å²) in [5, 5.41) is 15.1. The highest BCUT2D eigenvalue weighted by Gasteiger charge is 2.27. The number of rotatable bonds is 8. The van der Waals surface area contributed by atoms with Crippen LogP contribution < -0.4 is 9.80 Å². The van der Waals surface area contributed by atoms with Gasteiger partial charge in [-0.3, -0.25) is 0 Å². The molecule has 0 aliphatic heterocycles. The fourth-order valence-electron chi connectivity index (χ4n) is 12.8. The molecule has 0 atom stereocenters. The zero-order valence-corrected chi connectivity index (χ0v) is 44.3. The summed E-state index contributed by atoms with van der Waals surface area (Å²) < 4.78 is 7.73. The largest absolute Gasteiger partial charge is 0.310 e. The fraction of sp³-hybridized carbons (Fsp3) is 0. The predicted octanol–water partition coefficient (Wildman–Crippen LogP) is 22.2. The average molecular weight is 1040 g/mol. The molecule has 0 amide bonds. The molecular weight excluding hydrogens is 995 g/mol. The zero-order valence-electron chi connectivity index (χ0n) is 42.6. The van der Waals surface area contributed by atoms with Crippen molar-refractivity contribution in [1.29, 1.82) is 0 Å². The molecule has 5 heteroatoms. The first kappa shape index (κ1) is 44.4. The number of anilines is 6. The molecule has 17 aromatic rings. The lowest BCUT2D eigenvalue weighted by molar-refractivity contribution is 1.30. The van der Waals surface area contributed by atoms with E-state index in [1.807, 2.05) is 22.7 Å². The highest BCUT2D eigenvalue weighted by Crippen LogP contribution is 2.51. The maximum atomic E-state index is 2.57. The van der Waals surface area contributed by atoms with Gasteiger partial charge in [0.15, 0.2) is 0 Å². The summed E-state index contributed by atoms with van der Waals surface area (Å²) in [7, 11) is 0. The number of aromatic nitrogens is 1. The van der Waals surface area contributed by atoms with Crippen molar-refractivity contribution >= 4 is 157 Å². The molecule has 13 aromatic carbocycles. The molecule has 368 valence electrons. The Balaban J connectivity index is 0.890. The summed E-state index contributed by atoms with van der Waals surface area (Å²) in [6.07, 6.45) is 0. The number of fused-ring (bicyclic) bond motifs is 15. The molecular formula is C74H45N3S2. The SMILES string of the molecule is c1ccc(-c2ccc(N(c3ccc4cc5c6ccc(N(c7ccc(-c8ccccc8)cc7)c7ccc8c(c7)sc7ccccc78)c7c8c9ccccc9ccc8n(c5cc4c3)c67)c3ccc4c(c3)sc3ccccc34)cc2)cc1. The van der Waals surface area contributed by atoms with E-state index in [0.717, 1.165) is 34.1 Å². The van der Waals surface area contributed by atoms with Crippen molar-refractivity contribution in [2.75, 3.05) is 9.80 Å². The Morgan fingerprint density at radius 1 is 0.253 bits per heavy atom. The van der Waals surface area contributed by atoms with Gasteiger partial charge in [0.2, 0.25) is 0 Å². The van der Waals surface area contributed by atoms with Crippen molar-refractivity contribution in [2.45, 2.75) is 0 Å². The van der Waals surface area contributed by atoms with Gasteiger partial charge in [0, 0.05) is 90.3 Å². The van der Waals surface area contributed by atoms with E-state index in [1.165, 1.54) is 122 Å². The van der Waals surface area contributed by atoms with Crippen molar-refractivity contribution in [3.05, 3.63) is 273 Å². The third-order valence-electron chi connectivity index (χ3n) is 16.5. The van der Waals surface area contributed by atoms with Crippen LogP contribution >= 0.6 is 22.7 Å². The van der Waals surface area contributed by atoms with E-state index >= 15 is 0 Å². The molecule has 0 aliphatic rings. The Morgan fingerprint density at radius 3 is 1.38 bits per heavy atom. The van der Waals surface area contributed by atoms with E-state index in [0.29, 0.717) is 0 Å². The highest BCUT2D eigenvalue weighted by atomic mass is 32.1. The van der Waals surface area contributed by atoms with E-state index < -0.39 is 0 Å². The molecule has 0 fully saturated rings. The van der Waals surface area contributed by atoms with E-state index in [-0.39, 0.29) is 0 Å². The fourth-order valence-corrected chi connectivity index (χ4v) is 15.1. The summed E-state index contributed by atoms with van der Waals surface area (Å²) >= 11 is 3.73. The van der Waals surface area contributed by atoms with Crippen LogP contribution in [0.5, 0.6) is 0 Å². The smallest absolute Gasteiger partial charge is 0.0641 e. The minimum absolute atomic E-state index is 1.11. The van der Waals surface area contributed by atoms with E-state index in [1.54, 1.807) is 0 Å². The van der Waals surface area contributed by atoms with E-state index in [2.05, 4.69) is 287 Å². The Kier molecular flexibility index (Phi) is 9.75. The third kappa shape index (κ3) is 6.90. The van der Waals surface area contributed by atoms with Crippen LogP contribution in [0.25, 0.3) is 122 Å². The van der Waals surface area contributed by atoms with Crippen LogP contribution in [0.1, 0.15) is 0 Å². The van der Waals surface area contributed by atoms with Crippen LogP contribution in [0.4, 0.5) is 34.1 Å². The van der Waals surface area contributed by atoms with Crippen LogP contribution in [-0.4, -0.2) is 4.40 Å². The number of hydrogen-bond acceptors (Lipinski definition) is 4. The molecule has 4 heterocycles. The first-order valence-corrected chi connectivity index (χ1v) is 28.6. The molecule has 4 aromatic heterocycles. The molecule has 3 nitrogen and oxygen atoms in total. The lowest BCUT2D eigenvalue weighted by atomic mass is 9.99. The van der Waals surface area contributed by atoms with Gasteiger partial charge in [-0.25, -0.2) is 0 Å². The predicted molar refractivity (Wildman–Crippen MR) is 342 cm³/mol. The first-order valence-electron chi connectivity index (χ1n) is 27.0. The molecule has 0 saturated heterocycles. The van der Waals surface area contributed by atoms with Crippen LogP contribution in [0.15, 0.2) is 273 Å². The quantitative estimate of drug-likeness (QED) is 0.150. The number of benzene rings is 13. The van der Waals surface area contributed by atoms with Gasteiger partial charge >= 0.3 is 0 Å². The zero-order chi connectivity index (χ0) is 51.7. The minimum Gasteiger partial charge on any atom is -0.310 e. The Morgan fingerprint density at radius 2 is 0.734 bits per heavy atom. The topological polar surface area (TPSA) is 10.9 Å². The van der Waals surface area contributed by atoms with Crippen molar-refractivity contribution in [2.24, 2.45) is 0 Å². The molecule has 0 N–H and O–H groups in total. The summed E-state index contributed by atoms with van der Waals surface area (Å²) in [5.74, 6) is 0. The molecule has 0 saturated carbocycles. The summed E-state index contributed by atoms with van der Waals surface area (Å²) in [6.45, 7) is 0. The number of nitrogens with zero attached hydrogens (tertiary/aromatic N) is 3. The van der Waals surface area contributed by atoms with Crippen molar-refractivity contribution in [3.63, 3.8) is 0 Å².